The van der Waals surface area contributed by atoms with Gasteiger partial charge in [-0.15, -0.1) is 0 Å². The molecule has 0 spiro atoms. The van der Waals surface area contributed by atoms with Crippen LogP contribution in [0.5, 0.6) is 0 Å². The van der Waals surface area contributed by atoms with Crippen LogP contribution >= 0.6 is 12.2 Å². The van der Waals surface area contributed by atoms with Crippen molar-refractivity contribution in [1.82, 2.24) is 5.32 Å². The minimum absolute atomic E-state index is 0.689. The maximum absolute atomic E-state index is 5.39. The smallest absolute Gasteiger partial charge is 0.170 e. The van der Waals surface area contributed by atoms with E-state index in [9.17, 15) is 0 Å². The van der Waals surface area contributed by atoms with Gasteiger partial charge in [-0.05, 0) is 40.9 Å². The first-order valence-corrected chi connectivity index (χ1v) is 8.16. The zero-order valence-electron chi connectivity index (χ0n) is 12.7. The molecule has 0 unspecified atom stereocenters. The third-order valence-electron chi connectivity index (χ3n) is 3.85. The van der Waals surface area contributed by atoms with Gasteiger partial charge in [-0.1, -0.05) is 61.9 Å². The minimum atomic E-state index is 0.689. The van der Waals surface area contributed by atoms with E-state index in [0.29, 0.717) is 5.11 Å². The van der Waals surface area contributed by atoms with Crippen molar-refractivity contribution in [2.24, 2.45) is 0 Å². The summed E-state index contributed by atoms with van der Waals surface area (Å²) in [4.78, 5) is 0. The molecular formula is C19H20N2S. The highest BCUT2D eigenvalue weighted by Crippen LogP contribution is 2.30. The van der Waals surface area contributed by atoms with Crippen LogP contribution in [-0.2, 0) is 0 Å². The van der Waals surface area contributed by atoms with E-state index in [1.54, 1.807) is 0 Å². The molecule has 0 bridgehead atoms. The predicted octanol–water partition coefficient (Wildman–Crippen LogP) is 5.08. The van der Waals surface area contributed by atoms with Gasteiger partial charge in [0.05, 0.1) is 0 Å². The Labute approximate surface area is 136 Å². The van der Waals surface area contributed by atoms with Gasteiger partial charge in [-0.3, -0.25) is 0 Å². The standard InChI is InChI=1S/C19H20N2S/c1-2-3-13-20-19(22)21-18-10-6-9-16-15-8-5-4-7-14(15)11-12-17(16)18/h4-12H,2-3,13H2,1H3,(H2,20,21,22). The number of unbranched alkanes of at least 4 members (excludes halogenated alkanes) is 1. The molecule has 3 heteroatoms. The van der Waals surface area contributed by atoms with Gasteiger partial charge in [0.15, 0.2) is 5.11 Å². The Balaban J connectivity index is 1.94. The van der Waals surface area contributed by atoms with E-state index in [-0.39, 0.29) is 0 Å². The first kappa shape index (κ1) is 14.8. The van der Waals surface area contributed by atoms with Crippen molar-refractivity contribution in [1.29, 1.82) is 0 Å². The number of hydrogen-bond acceptors (Lipinski definition) is 1. The lowest BCUT2D eigenvalue weighted by Gasteiger charge is -2.13. The molecule has 2 nitrogen and oxygen atoms in total. The van der Waals surface area contributed by atoms with Gasteiger partial charge < -0.3 is 10.6 Å². The van der Waals surface area contributed by atoms with E-state index < -0.39 is 0 Å². The SMILES string of the molecule is CCCCNC(=S)Nc1cccc2c1ccc1ccccc12. The van der Waals surface area contributed by atoms with Crippen LogP contribution in [0.2, 0.25) is 0 Å². The van der Waals surface area contributed by atoms with E-state index in [4.69, 9.17) is 12.2 Å². The quantitative estimate of drug-likeness (QED) is 0.399. The second-order valence-electron chi connectivity index (χ2n) is 5.42. The number of thiocarbonyl (C=S) groups is 1. The lowest BCUT2D eigenvalue weighted by molar-refractivity contribution is 0.758. The third-order valence-corrected chi connectivity index (χ3v) is 4.10. The van der Waals surface area contributed by atoms with Crippen molar-refractivity contribution in [3.8, 4) is 0 Å². The van der Waals surface area contributed by atoms with Gasteiger partial charge in [0.1, 0.15) is 0 Å². The van der Waals surface area contributed by atoms with Crippen molar-refractivity contribution in [2.75, 3.05) is 11.9 Å². The Morgan fingerprint density at radius 1 is 0.909 bits per heavy atom. The maximum atomic E-state index is 5.39. The monoisotopic (exact) mass is 308 g/mol. The second kappa shape index (κ2) is 6.75. The molecule has 22 heavy (non-hydrogen) atoms. The average Bonchev–Trinajstić information content (AvgIpc) is 2.55. The molecule has 0 aliphatic carbocycles. The minimum Gasteiger partial charge on any atom is -0.362 e. The molecule has 0 saturated heterocycles. The Bertz CT molecular complexity index is 811. The van der Waals surface area contributed by atoms with Crippen molar-refractivity contribution >= 4 is 44.6 Å². The summed E-state index contributed by atoms with van der Waals surface area (Å²) in [6.45, 7) is 3.09. The summed E-state index contributed by atoms with van der Waals surface area (Å²) in [5, 5.41) is 12.2. The summed E-state index contributed by atoms with van der Waals surface area (Å²) >= 11 is 5.39. The lowest BCUT2D eigenvalue weighted by atomic mass is 10.0. The van der Waals surface area contributed by atoms with Crippen LogP contribution in [0.1, 0.15) is 19.8 Å². The van der Waals surface area contributed by atoms with Gasteiger partial charge in [-0.25, -0.2) is 0 Å². The summed E-state index contributed by atoms with van der Waals surface area (Å²) < 4.78 is 0. The fourth-order valence-electron chi connectivity index (χ4n) is 2.69. The molecule has 2 N–H and O–H groups in total. The molecule has 0 amide bonds. The van der Waals surface area contributed by atoms with Crippen LogP contribution in [-0.4, -0.2) is 11.7 Å². The van der Waals surface area contributed by atoms with Gasteiger partial charge in [0.25, 0.3) is 0 Å². The molecule has 3 aromatic carbocycles. The summed E-state index contributed by atoms with van der Waals surface area (Å²) in [6.07, 6.45) is 2.29. The summed E-state index contributed by atoms with van der Waals surface area (Å²) in [6, 6.07) is 19.1. The van der Waals surface area contributed by atoms with E-state index in [0.717, 1.165) is 25.1 Å². The average molecular weight is 308 g/mol. The fraction of sp³-hybridized carbons (Fsp3) is 0.211. The highest BCUT2D eigenvalue weighted by atomic mass is 32.1. The number of fused-ring (bicyclic) bond motifs is 3. The van der Waals surface area contributed by atoms with Crippen molar-refractivity contribution in [2.45, 2.75) is 19.8 Å². The van der Waals surface area contributed by atoms with Crippen LogP contribution in [0.25, 0.3) is 21.5 Å². The van der Waals surface area contributed by atoms with Crippen molar-refractivity contribution in [3.05, 3.63) is 54.6 Å². The molecule has 3 rings (SSSR count). The molecule has 0 aliphatic heterocycles. The number of rotatable bonds is 4. The van der Waals surface area contributed by atoms with Crippen LogP contribution in [0.15, 0.2) is 54.6 Å². The Kier molecular flexibility index (Phi) is 4.54. The first-order valence-electron chi connectivity index (χ1n) is 7.75. The first-order chi connectivity index (χ1) is 10.8. The number of benzene rings is 3. The van der Waals surface area contributed by atoms with E-state index in [1.165, 1.54) is 21.5 Å². The summed E-state index contributed by atoms with van der Waals surface area (Å²) in [5.41, 5.74) is 1.05. The Morgan fingerprint density at radius 3 is 2.59 bits per heavy atom. The molecule has 0 atom stereocenters. The molecule has 0 aliphatic rings. The molecule has 3 aromatic rings. The topological polar surface area (TPSA) is 24.1 Å². The maximum Gasteiger partial charge on any atom is 0.170 e. The number of nitrogens with one attached hydrogen (secondary N) is 2. The normalized spacial score (nSPS) is 10.8. The van der Waals surface area contributed by atoms with Gasteiger partial charge >= 0.3 is 0 Å². The van der Waals surface area contributed by atoms with Crippen LogP contribution < -0.4 is 10.6 Å². The largest absolute Gasteiger partial charge is 0.362 e. The Hall–Kier alpha value is -2.13. The van der Waals surface area contributed by atoms with Crippen LogP contribution in [0.3, 0.4) is 0 Å². The lowest BCUT2D eigenvalue weighted by Crippen LogP contribution is -2.29. The number of anilines is 1. The summed E-state index contributed by atoms with van der Waals surface area (Å²) in [5.74, 6) is 0. The van der Waals surface area contributed by atoms with Crippen molar-refractivity contribution in [3.63, 3.8) is 0 Å². The van der Waals surface area contributed by atoms with Crippen molar-refractivity contribution < 1.29 is 0 Å². The van der Waals surface area contributed by atoms with E-state index >= 15 is 0 Å². The fourth-order valence-corrected chi connectivity index (χ4v) is 2.91. The Morgan fingerprint density at radius 2 is 1.73 bits per heavy atom. The summed E-state index contributed by atoms with van der Waals surface area (Å²) in [7, 11) is 0. The van der Waals surface area contributed by atoms with Gasteiger partial charge in [0.2, 0.25) is 0 Å². The van der Waals surface area contributed by atoms with Crippen LogP contribution in [0, 0.1) is 0 Å². The molecule has 0 heterocycles. The molecule has 0 saturated carbocycles. The van der Waals surface area contributed by atoms with E-state index in [2.05, 4.69) is 72.2 Å². The van der Waals surface area contributed by atoms with Crippen LogP contribution in [0.4, 0.5) is 5.69 Å². The highest BCUT2D eigenvalue weighted by Gasteiger charge is 2.05. The molecule has 112 valence electrons. The number of hydrogen-bond donors (Lipinski definition) is 2. The molecule has 0 radical (unpaired) electrons. The van der Waals surface area contributed by atoms with Gasteiger partial charge in [-0.2, -0.15) is 0 Å². The molecular weight excluding hydrogens is 288 g/mol. The highest BCUT2D eigenvalue weighted by molar-refractivity contribution is 7.80. The zero-order valence-corrected chi connectivity index (χ0v) is 13.5. The second-order valence-corrected chi connectivity index (χ2v) is 5.83. The third kappa shape index (κ3) is 3.04. The van der Waals surface area contributed by atoms with Gasteiger partial charge in [0, 0.05) is 17.6 Å². The molecule has 0 aromatic heterocycles. The van der Waals surface area contributed by atoms with E-state index in [1.807, 2.05) is 0 Å². The predicted molar refractivity (Wildman–Crippen MR) is 101 cm³/mol. The zero-order chi connectivity index (χ0) is 15.4. The molecule has 0 fully saturated rings.